The third kappa shape index (κ3) is 6.02. The molecule has 0 spiro atoms. The molecule has 7 nitrogen and oxygen atoms in total. The van der Waals surface area contributed by atoms with Crippen molar-refractivity contribution in [3.05, 3.63) is 112 Å². The maximum Gasteiger partial charge on any atom is 0.274 e. The van der Waals surface area contributed by atoms with E-state index >= 15 is 0 Å². The van der Waals surface area contributed by atoms with Gasteiger partial charge in [-0.1, -0.05) is 29.5 Å². The highest BCUT2D eigenvalue weighted by Gasteiger charge is 2.13. The predicted molar refractivity (Wildman–Crippen MR) is 125 cm³/mol. The van der Waals surface area contributed by atoms with E-state index in [-0.39, 0.29) is 11.6 Å². The lowest BCUT2D eigenvalue weighted by Crippen LogP contribution is -2.22. The molecular formula is C25H20N2O5S. The summed E-state index contributed by atoms with van der Waals surface area (Å²) in [7, 11) is 0. The zero-order valence-electron chi connectivity index (χ0n) is 17.7. The largest absolute Gasteiger partial charge is 0.467 e. The van der Waals surface area contributed by atoms with Crippen LogP contribution in [0.4, 0.5) is 5.69 Å². The van der Waals surface area contributed by atoms with E-state index in [0.717, 1.165) is 10.5 Å². The number of furan rings is 1. The number of nitrogens with zero attached hydrogens (tertiary/aromatic N) is 1. The molecule has 0 aliphatic rings. The predicted octanol–water partition coefficient (Wildman–Crippen LogP) is 6.37. The van der Waals surface area contributed by atoms with Gasteiger partial charge in [-0.15, -0.1) is 0 Å². The van der Waals surface area contributed by atoms with Gasteiger partial charge in [0.2, 0.25) is 0 Å². The molecule has 166 valence electrons. The number of non-ortho nitro benzene ring substituents is 1. The number of hydrogen-bond donors (Lipinski definition) is 1. The summed E-state index contributed by atoms with van der Waals surface area (Å²) < 4.78 is 11.1. The Balaban J connectivity index is 1.46. The molecule has 4 aromatic rings. The Labute approximate surface area is 194 Å². The molecule has 0 unspecified atom stereocenters. The molecule has 0 fully saturated rings. The SMILES string of the molecule is Cc1ccc(Sc2cc(Oc3ccc(C(=O)NCc4ccco4)cc3)cc([N+](=O)[O-])c2)cc1. The molecule has 0 bridgehead atoms. The van der Waals surface area contributed by atoms with E-state index in [2.05, 4.69) is 5.32 Å². The lowest BCUT2D eigenvalue weighted by molar-refractivity contribution is -0.385. The van der Waals surface area contributed by atoms with E-state index in [0.29, 0.717) is 34.3 Å². The first-order chi connectivity index (χ1) is 16.0. The number of carbonyl (C=O) groups excluding carboxylic acids is 1. The Morgan fingerprint density at radius 2 is 1.76 bits per heavy atom. The topological polar surface area (TPSA) is 94.6 Å². The van der Waals surface area contributed by atoms with Gasteiger partial charge in [-0.25, -0.2) is 0 Å². The molecule has 4 rings (SSSR count). The van der Waals surface area contributed by atoms with Crippen LogP contribution in [0.2, 0.25) is 0 Å². The zero-order valence-corrected chi connectivity index (χ0v) is 18.5. The first-order valence-corrected chi connectivity index (χ1v) is 10.9. The molecule has 0 aliphatic carbocycles. The van der Waals surface area contributed by atoms with E-state index in [9.17, 15) is 14.9 Å². The molecule has 1 N–H and O–H groups in total. The van der Waals surface area contributed by atoms with Crippen LogP contribution >= 0.6 is 11.8 Å². The highest BCUT2D eigenvalue weighted by atomic mass is 32.2. The summed E-state index contributed by atoms with van der Waals surface area (Å²) in [5.74, 6) is 1.22. The number of carbonyl (C=O) groups is 1. The summed E-state index contributed by atoms with van der Waals surface area (Å²) in [6.45, 7) is 2.29. The standard InChI is InChI=1S/C25H20N2O5S/c1-17-4-10-23(11-5-17)33-24-14-19(27(29)30)13-22(15-24)32-20-8-6-18(7-9-20)25(28)26-16-21-3-2-12-31-21/h2-15H,16H2,1H3,(H,26,28). The fraction of sp³-hybridized carbons (Fsp3) is 0.0800. The van der Waals surface area contributed by atoms with Crippen molar-refractivity contribution in [1.29, 1.82) is 0 Å². The van der Waals surface area contributed by atoms with Crippen LogP contribution in [0.1, 0.15) is 21.7 Å². The monoisotopic (exact) mass is 460 g/mol. The van der Waals surface area contributed by atoms with Gasteiger partial charge in [-0.3, -0.25) is 14.9 Å². The van der Waals surface area contributed by atoms with Gasteiger partial charge in [0.1, 0.15) is 17.3 Å². The van der Waals surface area contributed by atoms with Gasteiger partial charge in [-0.05, 0) is 61.5 Å². The molecule has 0 radical (unpaired) electrons. The van der Waals surface area contributed by atoms with E-state index in [1.54, 1.807) is 48.7 Å². The summed E-state index contributed by atoms with van der Waals surface area (Å²) in [5.41, 5.74) is 1.54. The fourth-order valence-electron chi connectivity index (χ4n) is 3.02. The third-order valence-corrected chi connectivity index (χ3v) is 5.67. The molecule has 33 heavy (non-hydrogen) atoms. The van der Waals surface area contributed by atoms with Gasteiger partial charge in [0, 0.05) is 21.4 Å². The van der Waals surface area contributed by atoms with Crippen molar-refractivity contribution in [2.75, 3.05) is 0 Å². The number of ether oxygens (including phenoxy) is 1. The second-order valence-corrected chi connectivity index (χ2v) is 8.37. The van der Waals surface area contributed by atoms with Crippen LogP contribution in [0.25, 0.3) is 0 Å². The molecule has 0 saturated carbocycles. The van der Waals surface area contributed by atoms with E-state index in [1.165, 1.54) is 23.9 Å². The Kier molecular flexibility index (Phi) is 6.75. The number of rotatable bonds is 8. The van der Waals surface area contributed by atoms with Gasteiger partial charge < -0.3 is 14.5 Å². The highest BCUT2D eigenvalue weighted by Crippen LogP contribution is 2.35. The number of hydrogen-bond acceptors (Lipinski definition) is 6. The normalized spacial score (nSPS) is 10.6. The number of nitrogens with one attached hydrogen (secondary N) is 1. The molecule has 3 aromatic carbocycles. The summed E-state index contributed by atoms with van der Waals surface area (Å²) in [4.78, 5) is 24.9. The van der Waals surface area contributed by atoms with Crippen LogP contribution in [0, 0.1) is 17.0 Å². The van der Waals surface area contributed by atoms with Crippen LogP contribution < -0.4 is 10.1 Å². The fourth-order valence-corrected chi connectivity index (χ4v) is 3.91. The van der Waals surface area contributed by atoms with E-state index in [4.69, 9.17) is 9.15 Å². The first kappa shape index (κ1) is 22.2. The average molecular weight is 461 g/mol. The quantitative estimate of drug-likeness (QED) is 0.242. The number of nitro benzene ring substituents is 1. The Morgan fingerprint density at radius 1 is 1.00 bits per heavy atom. The van der Waals surface area contributed by atoms with Crippen molar-refractivity contribution in [3.8, 4) is 11.5 Å². The zero-order chi connectivity index (χ0) is 23.2. The first-order valence-electron chi connectivity index (χ1n) is 10.1. The molecule has 1 heterocycles. The maximum atomic E-state index is 12.3. The molecule has 0 saturated heterocycles. The summed E-state index contributed by atoms with van der Waals surface area (Å²) in [6, 6.07) is 22.7. The molecular weight excluding hydrogens is 440 g/mol. The number of amides is 1. The molecule has 1 aromatic heterocycles. The van der Waals surface area contributed by atoms with E-state index in [1.807, 2.05) is 31.2 Å². The van der Waals surface area contributed by atoms with Crippen molar-refractivity contribution < 1.29 is 18.9 Å². The van der Waals surface area contributed by atoms with Gasteiger partial charge in [0.05, 0.1) is 23.8 Å². The lowest BCUT2D eigenvalue weighted by atomic mass is 10.2. The Bertz CT molecular complexity index is 1250. The van der Waals surface area contributed by atoms with Crippen LogP contribution in [-0.2, 0) is 6.54 Å². The highest BCUT2D eigenvalue weighted by molar-refractivity contribution is 7.99. The Morgan fingerprint density at radius 3 is 2.42 bits per heavy atom. The number of aryl methyl sites for hydroxylation is 1. The second-order valence-electron chi connectivity index (χ2n) is 7.22. The maximum absolute atomic E-state index is 12.3. The van der Waals surface area contributed by atoms with Gasteiger partial charge in [-0.2, -0.15) is 0 Å². The second kappa shape index (κ2) is 10.1. The molecule has 0 aliphatic heterocycles. The van der Waals surface area contributed by atoms with Crippen LogP contribution in [0.3, 0.4) is 0 Å². The molecule has 1 amide bonds. The van der Waals surface area contributed by atoms with Gasteiger partial charge >= 0.3 is 0 Å². The Hall–Kier alpha value is -4.04. The van der Waals surface area contributed by atoms with Crippen molar-refractivity contribution in [3.63, 3.8) is 0 Å². The smallest absolute Gasteiger partial charge is 0.274 e. The van der Waals surface area contributed by atoms with Crippen molar-refractivity contribution in [2.24, 2.45) is 0 Å². The lowest BCUT2D eigenvalue weighted by Gasteiger charge is -2.09. The minimum atomic E-state index is -0.446. The van der Waals surface area contributed by atoms with Gasteiger partial charge in [0.25, 0.3) is 11.6 Å². The minimum Gasteiger partial charge on any atom is -0.467 e. The number of nitro groups is 1. The average Bonchev–Trinajstić information content (AvgIpc) is 3.33. The van der Waals surface area contributed by atoms with Gasteiger partial charge in [0.15, 0.2) is 0 Å². The van der Waals surface area contributed by atoms with Crippen molar-refractivity contribution in [2.45, 2.75) is 23.3 Å². The van der Waals surface area contributed by atoms with Crippen molar-refractivity contribution in [1.82, 2.24) is 5.32 Å². The third-order valence-electron chi connectivity index (χ3n) is 4.69. The minimum absolute atomic E-state index is 0.0592. The van der Waals surface area contributed by atoms with Crippen LogP contribution in [0.15, 0.2) is 99.3 Å². The van der Waals surface area contributed by atoms with Crippen LogP contribution in [-0.4, -0.2) is 10.8 Å². The molecule has 8 heteroatoms. The van der Waals surface area contributed by atoms with Crippen molar-refractivity contribution >= 4 is 23.4 Å². The molecule has 0 atom stereocenters. The summed E-state index contributed by atoms with van der Waals surface area (Å²) in [6.07, 6.45) is 1.55. The number of benzene rings is 3. The van der Waals surface area contributed by atoms with Crippen LogP contribution in [0.5, 0.6) is 11.5 Å². The summed E-state index contributed by atoms with van der Waals surface area (Å²) >= 11 is 1.42. The van der Waals surface area contributed by atoms with E-state index < -0.39 is 4.92 Å². The summed E-state index contributed by atoms with van der Waals surface area (Å²) in [5, 5.41) is 14.2.